The number of ketones is 1. The molecule has 0 aliphatic carbocycles. The number of nitrogens with zero attached hydrogens (tertiary/aromatic N) is 3. The first-order valence-electron chi connectivity index (χ1n) is 9.70. The molecule has 1 amide bonds. The van der Waals surface area contributed by atoms with Crippen LogP contribution in [0.2, 0.25) is 0 Å². The summed E-state index contributed by atoms with van der Waals surface area (Å²) in [5.74, 6) is -0.624. The number of aryl methyl sites for hydroxylation is 1. The Balaban J connectivity index is 1.66. The molecule has 0 fully saturated rings. The lowest BCUT2D eigenvalue weighted by molar-refractivity contribution is -0.117. The zero-order chi connectivity index (χ0) is 22.4. The van der Waals surface area contributed by atoms with Gasteiger partial charge in [0.25, 0.3) is 5.91 Å². The SMILES string of the molecule is COc1ccc2nc(N3C(=O)C(O)=C(C(=O)c4ccc(C)o4)C3c3ccncc3)sc2c1. The van der Waals surface area contributed by atoms with Crippen LogP contribution in [0.15, 0.2) is 70.6 Å². The maximum absolute atomic E-state index is 13.3. The molecule has 1 N–H and O–H groups in total. The average Bonchev–Trinajstić information content (AvgIpc) is 3.49. The normalized spacial score (nSPS) is 16.2. The molecule has 32 heavy (non-hydrogen) atoms. The largest absolute Gasteiger partial charge is 0.503 e. The fourth-order valence-electron chi connectivity index (χ4n) is 3.71. The van der Waals surface area contributed by atoms with Crippen LogP contribution in [-0.4, -0.2) is 33.9 Å². The van der Waals surface area contributed by atoms with E-state index < -0.39 is 23.5 Å². The van der Waals surface area contributed by atoms with E-state index in [4.69, 9.17) is 9.15 Å². The molecule has 8 nitrogen and oxygen atoms in total. The minimum absolute atomic E-state index is 0.0480. The van der Waals surface area contributed by atoms with Crippen LogP contribution in [0.3, 0.4) is 0 Å². The maximum atomic E-state index is 13.3. The zero-order valence-corrected chi connectivity index (χ0v) is 17.9. The van der Waals surface area contributed by atoms with Gasteiger partial charge in [-0.3, -0.25) is 19.5 Å². The Bertz CT molecular complexity index is 1390. The van der Waals surface area contributed by atoms with Gasteiger partial charge in [0.1, 0.15) is 11.5 Å². The topological polar surface area (TPSA) is 106 Å². The van der Waals surface area contributed by atoms with Crippen LogP contribution >= 0.6 is 11.3 Å². The van der Waals surface area contributed by atoms with E-state index in [1.807, 2.05) is 6.07 Å². The lowest BCUT2D eigenvalue weighted by atomic mass is 9.96. The van der Waals surface area contributed by atoms with Crippen molar-refractivity contribution < 1.29 is 23.8 Å². The first kappa shape index (κ1) is 20.0. The average molecular weight is 447 g/mol. The molecule has 3 aromatic heterocycles. The van der Waals surface area contributed by atoms with E-state index >= 15 is 0 Å². The Labute approximate surface area is 186 Å². The minimum atomic E-state index is -0.883. The molecular formula is C23H17N3O5S. The molecule has 0 radical (unpaired) electrons. The number of aliphatic hydroxyl groups is 1. The fraction of sp³-hybridized carbons (Fsp3) is 0.130. The fourth-order valence-corrected chi connectivity index (χ4v) is 4.73. The molecule has 9 heteroatoms. The number of methoxy groups -OCH3 is 1. The Morgan fingerprint density at radius 3 is 2.66 bits per heavy atom. The number of ether oxygens (including phenoxy) is 1. The zero-order valence-electron chi connectivity index (χ0n) is 17.1. The van der Waals surface area contributed by atoms with Gasteiger partial charge in [-0.15, -0.1) is 0 Å². The third-order valence-electron chi connectivity index (χ3n) is 5.23. The summed E-state index contributed by atoms with van der Waals surface area (Å²) >= 11 is 1.27. The van der Waals surface area contributed by atoms with Gasteiger partial charge in [-0.25, -0.2) is 4.98 Å². The highest BCUT2D eigenvalue weighted by Gasteiger charge is 2.46. The molecule has 0 bridgehead atoms. The van der Waals surface area contributed by atoms with Gasteiger partial charge in [-0.05, 0) is 55.0 Å². The van der Waals surface area contributed by atoms with E-state index in [9.17, 15) is 14.7 Å². The van der Waals surface area contributed by atoms with Crippen molar-refractivity contribution in [3.63, 3.8) is 0 Å². The Hall–Kier alpha value is -3.98. The number of pyridine rings is 1. The van der Waals surface area contributed by atoms with Gasteiger partial charge in [-0.2, -0.15) is 0 Å². The van der Waals surface area contributed by atoms with Crippen LogP contribution in [-0.2, 0) is 4.79 Å². The van der Waals surface area contributed by atoms with Gasteiger partial charge in [-0.1, -0.05) is 11.3 Å². The molecule has 1 aliphatic heterocycles. The highest BCUT2D eigenvalue weighted by molar-refractivity contribution is 7.22. The van der Waals surface area contributed by atoms with Gasteiger partial charge in [0.05, 0.1) is 28.9 Å². The minimum Gasteiger partial charge on any atom is -0.503 e. The van der Waals surface area contributed by atoms with Gasteiger partial charge < -0.3 is 14.3 Å². The highest BCUT2D eigenvalue weighted by atomic mass is 32.1. The monoisotopic (exact) mass is 447 g/mol. The second kappa shape index (κ2) is 7.61. The number of fused-ring (bicyclic) bond motifs is 1. The van der Waals surface area contributed by atoms with Crippen molar-refractivity contribution in [2.75, 3.05) is 12.0 Å². The van der Waals surface area contributed by atoms with E-state index in [-0.39, 0.29) is 11.3 Å². The number of rotatable bonds is 5. The number of thiazole rings is 1. The van der Waals surface area contributed by atoms with Crippen molar-refractivity contribution in [3.05, 3.63) is 83.3 Å². The van der Waals surface area contributed by atoms with Crippen LogP contribution in [0.1, 0.15) is 27.9 Å². The van der Waals surface area contributed by atoms with Crippen molar-refractivity contribution in [2.24, 2.45) is 0 Å². The predicted molar refractivity (Wildman–Crippen MR) is 118 cm³/mol. The smallest absolute Gasteiger partial charge is 0.296 e. The summed E-state index contributed by atoms with van der Waals surface area (Å²) in [7, 11) is 1.57. The molecule has 5 rings (SSSR count). The lowest BCUT2D eigenvalue weighted by Gasteiger charge is -2.24. The van der Waals surface area contributed by atoms with Crippen LogP contribution in [0.4, 0.5) is 5.13 Å². The number of carbonyl (C=O) groups excluding carboxylic acids is 2. The number of aromatic nitrogens is 2. The van der Waals surface area contributed by atoms with Crippen LogP contribution in [0, 0.1) is 6.92 Å². The quantitative estimate of drug-likeness (QED) is 0.453. The summed E-state index contributed by atoms with van der Waals surface area (Å²) < 4.78 is 11.6. The van der Waals surface area contributed by atoms with E-state index in [2.05, 4.69) is 9.97 Å². The van der Waals surface area contributed by atoms with Crippen molar-refractivity contribution in [2.45, 2.75) is 13.0 Å². The maximum Gasteiger partial charge on any atom is 0.296 e. The summed E-state index contributed by atoms with van der Waals surface area (Å²) in [4.78, 5) is 36.4. The van der Waals surface area contributed by atoms with Crippen molar-refractivity contribution in [1.82, 2.24) is 9.97 Å². The molecule has 1 aromatic carbocycles. The van der Waals surface area contributed by atoms with Gasteiger partial charge in [0, 0.05) is 12.4 Å². The Morgan fingerprint density at radius 1 is 1.19 bits per heavy atom. The third-order valence-corrected chi connectivity index (χ3v) is 6.25. The third kappa shape index (κ3) is 3.14. The van der Waals surface area contributed by atoms with E-state index in [0.29, 0.717) is 27.7 Å². The second-order valence-corrected chi connectivity index (χ2v) is 8.20. The van der Waals surface area contributed by atoms with Crippen molar-refractivity contribution in [1.29, 1.82) is 0 Å². The number of hydrogen-bond donors (Lipinski definition) is 1. The van der Waals surface area contributed by atoms with Crippen molar-refractivity contribution >= 4 is 38.4 Å². The predicted octanol–water partition coefficient (Wildman–Crippen LogP) is 4.38. The van der Waals surface area contributed by atoms with Gasteiger partial charge >= 0.3 is 0 Å². The van der Waals surface area contributed by atoms with Crippen LogP contribution in [0.25, 0.3) is 10.2 Å². The number of hydrogen-bond acceptors (Lipinski definition) is 8. The van der Waals surface area contributed by atoms with Gasteiger partial charge in [0.15, 0.2) is 16.7 Å². The summed E-state index contributed by atoms with van der Waals surface area (Å²) in [5.41, 5.74) is 1.22. The number of aliphatic hydroxyl groups excluding tert-OH is 1. The highest BCUT2D eigenvalue weighted by Crippen LogP contribution is 2.44. The molecule has 4 heterocycles. The van der Waals surface area contributed by atoms with E-state index in [0.717, 1.165) is 4.70 Å². The first-order valence-corrected chi connectivity index (χ1v) is 10.5. The standard InChI is InChI=1S/C23H17N3O5S/c1-12-3-6-16(31-12)20(27)18-19(13-7-9-24-10-8-13)26(22(29)21(18)28)23-25-15-5-4-14(30-2)11-17(15)32-23/h3-11,19,28H,1-2H3. The second-order valence-electron chi connectivity index (χ2n) is 7.19. The summed E-state index contributed by atoms with van der Waals surface area (Å²) in [6.45, 7) is 1.72. The number of carbonyl (C=O) groups is 2. The molecule has 4 aromatic rings. The summed E-state index contributed by atoms with van der Waals surface area (Å²) in [6.07, 6.45) is 3.13. The van der Waals surface area contributed by atoms with Crippen LogP contribution < -0.4 is 9.64 Å². The Kier molecular flexibility index (Phi) is 4.75. The molecule has 0 spiro atoms. The molecular weight excluding hydrogens is 430 g/mol. The van der Waals surface area contributed by atoms with E-state index in [1.165, 1.54) is 22.3 Å². The molecule has 160 valence electrons. The molecule has 0 saturated carbocycles. The number of anilines is 1. The number of benzene rings is 1. The molecule has 1 unspecified atom stereocenters. The number of Topliss-reactive ketones (excluding diaryl/α,β-unsaturated/α-hetero) is 1. The van der Waals surface area contributed by atoms with E-state index in [1.54, 1.807) is 56.8 Å². The summed E-state index contributed by atoms with van der Waals surface area (Å²) in [6, 6.07) is 11.1. The molecule has 1 aliphatic rings. The van der Waals surface area contributed by atoms with Crippen LogP contribution in [0.5, 0.6) is 5.75 Å². The lowest BCUT2D eigenvalue weighted by Crippen LogP contribution is -2.30. The van der Waals surface area contributed by atoms with Crippen molar-refractivity contribution in [3.8, 4) is 5.75 Å². The number of furan rings is 1. The first-order chi connectivity index (χ1) is 15.5. The molecule has 0 saturated heterocycles. The Morgan fingerprint density at radius 2 is 1.97 bits per heavy atom. The number of amides is 1. The molecule has 1 atom stereocenters. The summed E-state index contributed by atoms with van der Waals surface area (Å²) in [5, 5.41) is 11.1. The van der Waals surface area contributed by atoms with Gasteiger partial charge in [0.2, 0.25) is 5.78 Å².